The number of carboxylic acids is 1. The van der Waals surface area contributed by atoms with E-state index in [-0.39, 0.29) is 6.42 Å². The van der Waals surface area contributed by atoms with E-state index in [9.17, 15) is 9.18 Å². The number of hydrogen-bond acceptors (Lipinski definition) is 2. The van der Waals surface area contributed by atoms with Crippen LogP contribution in [0.4, 0.5) is 4.39 Å². The van der Waals surface area contributed by atoms with Gasteiger partial charge in [0, 0.05) is 11.6 Å². The van der Waals surface area contributed by atoms with Crippen LogP contribution in [0.15, 0.2) is 18.2 Å². The molecule has 3 N–H and O–H groups in total. The molecule has 0 saturated carbocycles. The maximum absolute atomic E-state index is 14.8. The van der Waals surface area contributed by atoms with Crippen LogP contribution in [-0.2, 0) is 11.2 Å². The molecule has 0 bridgehead atoms. The lowest BCUT2D eigenvalue weighted by Crippen LogP contribution is -2.19. The number of rotatable bonds is 5. The lowest BCUT2D eigenvalue weighted by Gasteiger charge is -2.23. The molecule has 0 radical (unpaired) electrons. The van der Waals surface area contributed by atoms with Crippen molar-refractivity contribution in [3.05, 3.63) is 57.4 Å². The number of hydrogen-bond donors (Lipinski definition) is 2. The van der Waals surface area contributed by atoms with E-state index in [4.69, 9.17) is 10.8 Å². The number of nitrogens with two attached hydrogens (primary N) is 1. The molecule has 1 unspecified atom stereocenters. The predicted octanol–water partition coefficient (Wildman–Crippen LogP) is 4.76. The molecule has 0 amide bonds. The van der Waals surface area contributed by atoms with Crippen LogP contribution in [0.2, 0.25) is 0 Å². The van der Waals surface area contributed by atoms with Crippen LogP contribution in [0.3, 0.4) is 0 Å². The van der Waals surface area contributed by atoms with E-state index < -0.39 is 17.8 Å². The highest BCUT2D eigenvalue weighted by Crippen LogP contribution is 2.37. The molecule has 3 nitrogen and oxygen atoms in total. The zero-order chi connectivity index (χ0) is 18.9. The minimum absolute atomic E-state index is 0.293. The average molecular weight is 343 g/mol. The van der Waals surface area contributed by atoms with Gasteiger partial charge in [-0.15, -0.1) is 0 Å². The van der Waals surface area contributed by atoms with Gasteiger partial charge in [-0.1, -0.05) is 24.6 Å². The summed E-state index contributed by atoms with van der Waals surface area (Å²) >= 11 is 0. The smallest absolute Gasteiger partial charge is 0.305 e. The van der Waals surface area contributed by atoms with Gasteiger partial charge in [0.2, 0.25) is 0 Å². The van der Waals surface area contributed by atoms with Crippen LogP contribution in [0, 0.1) is 33.5 Å². The van der Waals surface area contributed by atoms with Crippen molar-refractivity contribution in [1.82, 2.24) is 0 Å². The van der Waals surface area contributed by atoms with Crippen LogP contribution < -0.4 is 5.73 Å². The number of benzene rings is 2. The molecular formula is C21H26FNO2. The Kier molecular flexibility index (Phi) is 5.63. The van der Waals surface area contributed by atoms with Gasteiger partial charge in [-0.05, 0) is 73.6 Å². The molecule has 0 fully saturated rings. The van der Waals surface area contributed by atoms with Gasteiger partial charge in [0.15, 0.2) is 0 Å². The van der Waals surface area contributed by atoms with Crippen molar-refractivity contribution in [2.24, 2.45) is 5.73 Å². The number of halogens is 1. The number of carboxylic acid groups (broad SMARTS) is 1. The Labute approximate surface area is 148 Å². The lowest BCUT2D eigenvalue weighted by atomic mass is 9.84. The van der Waals surface area contributed by atoms with E-state index in [2.05, 4.69) is 19.1 Å². The lowest BCUT2D eigenvalue weighted by molar-refractivity contribution is -0.137. The molecule has 0 aromatic heterocycles. The highest BCUT2D eigenvalue weighted by molar-refractivity contribution is 5.77. The van der Waals surface area contributed by atoms with Crippen LogP contribution in [0.5, 0.6) is 0 Å². The Morgan fingerprint density at radius 3 is 2.16 bits per heavy atom. The van der Waals surface area contributed by atoms with Gasteiger partial charge in [-0.2, -0.15) is 0 Å². The number of carbonyl (C=O) groups is 1. The Morgan fingerprint density at radius 1 is 1.12 bits per heavy atom. The molecule has 2 rings (SSSR count). The summed E-state index contributed by atoms with van der Waals surface area (Å²) < 4.78 is 14.8. The first-order valence-electron chi connectivity index (χ1n) is 8.54. The van der Waals surface area contributed by atoms with Gasteiger partial charge in [-0.3, -0.25) is 4.79 Å². The normalized spacial score (nSPS) is 12.3. The summed E-state index contributed by atoms with van der Waals surface area (Å²) in [7, 11) is 0. The van der Waals surface area contributed by atoms with Crippen molar-refractivity contribution in [3.63, 3.8) is 0 Å². The fourth-order valence-corrected chi connectivity index (χ4v) is 3.74. The summed E-state index contributed by atoms with van der Waals surface area (Å²) in [5.74, 6) is -1.42. The first-order valence-corrected chi connectivity index (χ1v) is 8.54. The zero-order valence-electron chi connectivity index (χ0n) is 15.5. The molecule has 134 valence electrons. The van der Waals surface area contributed by atoms with E-state index in [0.29, 0.717) is 17.5 Å². The van der Waals surface area contributed by atoms with Crippen molar-refractivity contribution in [3.8, 4) is 11.1 Å². The first kappa shape index (κ1) is 19.1. The number of aliphatic carboxylic acids is 1. The van der Waals surface area contributed by atoms with Gasteiger partial charge in [-0.25, -0.2) is 4.39 Å². The predicted molar refractivity (Wildman–Crippen MR) is 99.3 cm³/mol. The first-order chi connectivity index (χ1) is 11.7. The molecular weight excluding hydrogens is 317 g/mol. The molecule has 2 aromatic rings. The molecule has 1 atom stereocenters. The van der Waals surface area contributed by atoms with Crippen LogP contribution in [0.25, 0.3) is 11.1 Å². The van der Waals surface area contributed by atoms with Crippen LogP contribution in [-0.4, -0.2) is 11.1 Å². The third kappa shape index (κ3) is 3.74. The summed E-state index contributed by atoms with van der Waals surface area (Å²) in [6.45, 7) is 9.79. The zero-order valence-corrected chi connectivity index (χ0v) is 15.5. The second-order valence-corrected chi connectivity index (χ2v) is 6.78. The molecule has 25 heavy (non-hydrogen) atoms. The fourth-order valence-electron chi connectivity index (χ4n) is 3.74. The maximum atomic E-state index is 14.8. The third-order valence-electron chi connectivity index (χ3n) is 4.66. The van der Waals surface area contributed by atoms with Gasteiger partial charge in [0.1, 0.15) is 5.82 Å². The fraction of sp³-hybridized carbons (Fsp3) is 0.381. The highest BCUT2D eigenvalue weighted by atomic mass is 19.1. The third-order valence-corrected chi connectivity index (χ3v) is 4.66. The van der Waals surface area contributed by atoms with E-state index in [1.807, 2.05) is 26.8 Å². The van der Waals surface area contributed by atoms with Crippen molar-refractivity contribution in [1.29, 1.82) is 0 Å². The van der Waals surface area contributed by atoms with E-state index in [0.717, 1.165) is 27.8 Å². The number of aryl methyl sites for hydroxylation is 4. The second-order valence-electron chi connectivity index (χ2n) is 6.78. The molecule has 4 heteroatoms. The molecule has 0 spiro atoms. The quantitative estimate of drug-likeness (QED) is 0.822. The Morgan fingerprint density at radius 2 is 1.68 bits per heavy atom. The van der Waals surface area contributed by atoms with Crippen molar-refractivity contribution < 1.29 is 14.3 Å². The molecule has 2 aromatic carbocycles. The SMILES string of the molecule is CCc1c(-c2c(C)cc(C)cc2C)cc(C)c(F)c1C(N)CC(=O)O. The summed E-state index contributed by atoms with van der Waals surface area (Å²) in [5.41, 5.74) is 13.1. The standard InChI is InChI=1S/C21H26FNO2/c1-6-15-16(19-12(3)7-11(2)8-13(19)4)9-14(5)21(22)20(15)17(23)10-18(24)25/h7-9,17H,6,10,23H2,1-5H3,(H,24,25). The summed E-state index contributed by atoms with van der Waals surface area (Å²) in [5, 5.41) is 9.07. The minimum Gasteiger partial charge on any atom is -0.481 e. The molecule has 0 aliphatic carbocycles. The van der Waals surface area contributed by atoms with Crippen molar-refractivity contribution in [2.45, 2.75) is 53.5 Å². The van der Waals surface area contributed by atoms with E-state index in [1.165, 1.54) is 5.56 Å². The highest BCUT2D eigenvalue weighted by Gasteiger charge is 2.24. The summed E-state index contributed by atoms with van der Waals surface area (Å²) in [6.07, 6.45) is 0.292. The topological polar surface area (TPSA) is 63.3 Å². The maximum Gasteiger partial charge on any atom is 0.305 e. The Balaban J connectivity index is 2.81. The Hall–Kier alpha value is -2.20. The largest absolute Gasteiger partial charge is 0.481 e. The van der Waals surface area contributed by atoms with Crippen LogP contribution in [0.1, 0.15) is 52.8 Å². The van der Waals surface area contributed by atoms with Gasteiger partial charge < -0.3 is 10.8 Å². The molecule has 0 aliphatic rings. The molecule has 0 aliphatic heterocycles. The summed E-state index contributed by atoms with van der Waals surface area (Å²) in [6, 6.07) is 5.21. The van der Waals surface area contributed by atoms with E-state index >= 15 is 0 Å². The monoisotopic (exact) mass is 343 g/mol. The Bertz CT molecular complexity index is 804. The minimum atomic E-state index is -1.03. The van der Waals surface area contributed by atoms with Crippen molar-refractivity contribution >= 4 is 5.97 Å². The molecule has 0 saturated heterocycles. The van der Waals surface area contributed by atoms with E-state index in [1.54, 1.807) is 6.92 Å². The van der Waals surface area contributed by atoms with Crippen molar-refractivity contribution in [2.75, 3.05) is 0 Å². The average Bonchev–Trinajstić information content (AvgIpc) is 2.48. The second kappa shape index (κ2) is 7.36. The van der Waals surface area contributed by atoms with Crippen LogP contribution >= 0.6 is 0 Å². The van der Waals surface area contributed by atoms with Gasteiger partial charge in [0.05, 0.1) is 6.42 Å². The molecule has 0 heterocycles. The summed E-state index contributed by atoms with van der Waals surface area (Å²) in [4.78, 5) is 11.1. The van der Waals surface area contributed by atoms with Gasteiger partial charge >= 0.3 is 5.97 Å². The van der Waals surface area contributed by atoms with Gasteiger partial charge in [0.25, 0.3) is 0 Å².